The highest BCUT2D eigenvalue weighted by Crippen LogP contribution is 2.28. The van der Waals surface area contributed by atoms with Crippen LogP contribution in [0.1, 0.15) is 11.1 Å². The lowest BCUT2D eigenvalue weighted by molar-refractivity contribution is -0.135. The molecule has 22 heavy (non-hydrogen) atoms. The molecular weight excluding hydrogens is 354 g/mol. The molecule has 0 aliphatic carbocycles. The van der Waals surface area contributed by atoms with Crippen LogP contribution in [-0.2, 0) is 11.2 Å². The first kappa shape index (κ1) is 16.2. The summed E-state index contributed by atoms with van der Waals surface area (Å²) in [5.74, 6) is -0.944. The van der Waals surface area contributed by atoms with Gasteiger partial charge in [-0.2, -0.15) is 0 Å². The summed E-state index contributed by atoms with van der Waals surface area (Å²) in [5, 5.41) is 11.4. The van der Waals surface area contributed by atoms with Crippen molar-refractivity contribution in [2.75, 3.05) is 13.1 Å². The van der Waals surface area contributed by atoms with Crippen LogP contribution in [0.5, 0.6) is 0 Å². The van der Waals surface area contributed by atoms with Crippen LogP contribution in [0, 0.1) is 0 Å². The average Bonchev–Trinajstić information content (AvgIpc) is 2.45. The fraction of sp³-hybridized carbons (Fsp3) is 0.214. The Morgan fingerprint density at radius 3 is 2.68 bits per heavy atom. The summed E-state index contributed by atoms with van der Waals surface area (Å²) in [5.41, 5.74) is 1.11. The third-order valence-corrected chi connectivity index (χ3v) is 3.81. The monoisotopic (exact) mass is 367 g/mol. The van der Waals surface area contributed by atoms with Gasteiger partial charge < -0.3 is 20.4 Å². The second-order valence-corrected chi connectivity index (χ2v) is 5.46. The van der Waals surface area contributed by atoms with Gasteiger partial charge in [0.25, 0.3) is 0 Å². The molecule has 0 aliphatic heterocycles. The fourth-order valence-corrected chi connectivity index (χ4v) is 2.83. The van der Waals surface area contributed by atoms with E-state index >= 15 is 0 Å². The number of nitrogens with one attached hydrogen (secondary N) is 3. The zero-order chi connectivity index (χ0) is 16.3. The third kappa shape index (κ3) is 3.34. The van der Waals surface area contributed by atoms with E-state index in [1.807, 2.05) is 0 Å². The lowest BCUT2D eigenvalue weighted by Crippen LogP contribution is -2.30. The number of aromatic amines is 2. The van der Waals surface area contributed by atoms with Crippen molar-refractivity contribution in [2.45, 2.75) is 6.42 Å². The molecule has 1 aromatic heterocycles. The van der Waals surface area contributed by atoms with Crippen molar-refractivity contribution >= 4 is 39.0 Å². The van der Waals surface area contributed by atoms with Crippen LogP contribution in [-0.4, -0.2) is 34.1 Å². The number of carbonyl (C=O) groups is 1. The summed E-state index contributed by atoms with van der Waals surface area (Å²) < 4.78 is 0.728. The number of hydrogen-bond donors (Lipinski definition) is 4. The number of hydrogen-bond acceptors (Lipinski definition) is 4. The number of fused-ring (bicyclic) bond motifs is 1. The van der Waals surface area contributed by atoms with Crippen molar-refractivity contribution < 1.29 is 9.90 Å². The standard InChI is InChI=1S/C14H14BrN3O4/c1-2-7-8(3-4-16-6-11(19)20)12-10(5-9(7)15)17-13(21)14(22)18-12/h2,5,16H,1,3-4,6H2,(H,17,21)(H,18,22)(H,19,20). The predicted molar refractivity (Wildman–Crippen MR) is 87.2 cm³/mol. The van der Waals surface area contributed by atoms with Gasteiger partial charge in [-0.25, -0.2) is 0 Å². The number of aromatic nitrogens is 2. The van der Waals surface area contributed by atoms with Crippen LogP contribution in [0.3, 0.4) is 0 Å². The number of aliphatic carboxylic acids is 1. The summed E-state index contributed by atoms with van der Waals surface area (Å²) in [6, 6.07) is 1.69. The molecule has 2 aromatic rings. The van der Waals surface area contributed by atoms with E-state index in [0.717, 1.165) is 15.6 Å². The normalized spacial score (nSPS) is 10.8. The number of H-pyrrole nitrogens is 2. The van der Waals surface area contributed by atoms with E-state index in [2.05, 4.69) is 37.8 Å². The van der Waals surface area contributed by atoms with E-state index in [1.165, 1.54) is 0 Å². The molecule has 8 heteroatoms. The first-order valence-corrected chi connectivity index (χ1v) is 7.26. The molecule has 0 saturated heterocycles. The molecule has 1 heterocycles. The largest absolute Gasteiger partial charge is 0.480 e. The highest BCUT2D eigenvalue weighted by Gasteiger charge is 2.12. The second-order valence-electron chi connectivity index (χ2n) is 4.61. The molecule has 0 atom stereocenters. The summed E-state index contributed by atoms with van der Waals surface area (Å²) in [4.78, 5) is 38.6. The van der Waals surface area contributed by atoms with Gasteiger partial charge in [-0.15, -0.1) is 0 Å². The minimum Gasteiger partial charge on any atom is -0.480 e. The summed E-state index contributed by atoms with van der Waals surface area (Å²) >= 11 is 3.40. The molecule has 1 aromatic carbocycles. The maximum atomic E-state index is 11.6. The highest BCUT2D eigenvalue weighted by atomic mass is 79.9. The SMILES string of the molecule is C=Cc1c(Br)cc2[nH]c(=O)c(=O)[nH]c2c1CCNCC(=O)O. The van der Waals surface area contributed by atoms with Gasteiger partial charge >= 0.3 is 17.1 Å². The molecular formula is C14H14BrN3O4. The van der Waals surface area contributed by atoms with Crippen molar-refractivity contribution in [1.29, 1.82) is 0 Å². The van der Waals surface area contributed by atoms with E-state index < -0.39 is 17.1 Å². The predicted octanol–water partition coefficient (Wildman–Crippen LogP) is 0.839. The van der Waals surface area contributed by atoms with Crippen molar-refractivity contribution in [3.8, 4) is 0 Å². The summed E-state index contributed by atoms with van der Waals surface area (Å²) in [6.45, 7) is 4.00. The van der Waals surface area contributed by atoms with Crippen LogP contribution in [0.25, 0.3) is 17.1 Å². The minimum absolute atomic E-state index is 0.150. The first-order valence-electron chi connectivity index (χ1n) is 6.46. The topological polar surface area (TPSA) is 115 Å². The molecule has 0 aliphatic rings. The number of rotatable bonds is 6. The lowest BCUT2D eigenvalue weighted by atomic mass is 10.0. The summed E-state index contributed by atoms with van der Waals surface area (Å²) in [6.07, 6.45) is 2.10. The van der Waals surface area contributed by atoms with Gasteiger partial charge in [-0.1, -0.05) is 28.6 Å². The first-order chi connectivity index (χ1) is 10.4. The molecule has 0 saturated carbocycles. The van der Waals surface area contributed by atoms with Crippen molar-refractivity contribution in [2.24, 2.45) is 0 Å². The Balaban J connectivity index is 2.50. The van der Waals surface area contributed by atoms with Crippen LogP contribution >= 0.6 is 15.9 Å². The van der Waals surface area contributed by atoms with E-state index in [1.54, 1.807) is 12.1 Å². The van der Waals surface area contributed by atoms with E-state index in [4.69, 9.17) is 5.11 Å². The number of halogens is 1. The van der Waals surface area contributed by atoms with Gasteiger partial charge in [0.1, 0.15) is 0 Å². The van der Waals surface area contributed by atoms with E-state index in [-0.39, 0.29) is 6.54 Å². The third-order valence-electron chi connectivity index (χ3n) is 3.15. The smallest absolute Gasteiger partial charge is 0.317 e. The average molecular weight is 368 g/mol. The Labute approximate surface area is 133 Å². The van der Waals surface area contributed by atoms with E-state index in [9.17, 15) is 14.4 Å². The van der Waals surface area contributed by atoms with E-state index in [0.29, 0.717) is 24.0 Å². The Kier molecular flexibility index (Phi) is 4.94. The molecule has 0 amide bonds. The van der Waals surface area contributed by atoms with Gasteiger partial charge in [-0.3, -0.25) is 14.4 Å². The number of carboxylic acids is 1. The van der Waals surface area contributed by atoms with Crippen LogP contribution < -0.4 is 16.4 Å². The zero-order valence-corrected chi connectivity index (χ0v) is 13.1. The minimum atomic E-state index is -0.944. The Morgan fingerprint density at radius 1 is 1.36 bits per heavy atom. The van der Waals surface area contributed by atoms with Gasteiger partial charge in [0.15, 0.2) is 0 Å². The van der Waals surface area contributed by atoms with Crippen LogP contribution in [0.2, 0.25) is 0 Å². The number of benzene rings is 1. The fourth-order valence-electron chi connectivity index (χ4n) is 2.20. The van der Waals surface area contributed by atoms with Crippen molar-refractivity contribution in [3.05, 3.63) is 49.0 Å². The molecule has 0 unspecified atom stereocenters. The molecule has 0 spiro atoms. The maximum Gasteiger partial charge on any atom is 0.317 e. The quantitative estimate of drug-likeness (QED) is 0.446. The van der Waals surface area contributed by atoms with Crippen LogP contribution in [0.4, 0.5) is 0 Å². The van der Waals surface area contributed by atoms with Gasteiger partial charge in [0.2, 0.25) is 0 Å². The Bertz CT molecular complexity index is 854. The Morgan fingerprint density at radius 2 is 2.05 bits per heavy atom. The maximum absolute atomic E-state index is 11.6. The molecule has 2 rings (SSSR count). The Hall–Kier alpha value is -2.19. The lowest BCUT2D eigenvalue weighted by Gasteiger charge is -2.12. The van der Waals surface area contributed by atoms with Crippen LogP contribution in [0.15, 0.2) is 26.7 Å². The summed E-state index contributed by atoms with van der Waals surface area (Å²) in [7, 11) is 0. The molecule has 0 bridgehead atoms. The van der Waals surface area contributed by atoms with Gasteiger partial charge in [0.05, 0.1) is 17.6 Å². The molecule has 0 radical (unpaired) electrons. The van der Waals surface area contributed by atoms with Gasteiger partial charge in [0, 0.05) is 4.47 Å². The second kappa shape index (κ2) is 6.71. The molecule has 0 fully saturated rings. The zero-order valence-electron chi connectivity index (χ0n) is 11.5. The number of carboxylic acid groups (broad SMARTS) is 1. The van der Waals surface area contributed by atoms with Crippen molar-refractivity contribution in [3.63, 3.8) is 0 Å². The van der Waals surface area contributed by atoms with Gasteiger partial charge in [-0.05, 0) is 30.2 Å². The molecule has 116 valence electrons. The van der Waals surface area contributed by atoms with Crippen molar-refractivity contribution in [1.82, 2.24) is 15.3 Å². The molecule has 7 nitrogen and oxygen atoms in total. The molecule has 4 N–H and O–H groups in total. The highest BCUT2D eigenvalue weighted by molar-refractivity contribution is 9.10.